The van der Waals surface area contributed by atoms with E-state index in [1.54, 1.807) is 6.07 Å². The molecule has 1 amide bonds. The highest BCUT2D eigenvalue weighted by atomic mass is 35.5. The number of carbonyl (C=O) groups is 1. The number of benzene rings is 2. The zero-order valence-electron chi connectivity index (χ0n) is 12.1. The molecular formula is C17H14ClF2NO2. The summed E-state index contributed by atoms with van der Waals surface area (Å²) in [6, 6.07) is 9.80. The number of amides is 1. The van der Waals surface area contributed by atoms with Crippen molar-refractivity contribution in [2.24, 2.45) is 0 Å². The molecule has 0 radical (unpaired) electrons. The van der Waals surface area contributed by atoms with Crippen LogP contribution >= 0.6 is 11.6 Å². The van der Waals surface area contributed by atoms with E-state index in [4.69, 9.17) is 11.6 Å². The van der Waals surface area contributed by atoms with E-state index in [0.717, 1.165) is 19.3 Å². The van der Waals surface area contributed by atoms with E-state index in [1.807, 2.05) is 12.1 Å². The second-order valence-corrected chi connectivity index (χ2v) is 5.72. The first kappa shape index (κ1) is 15.7. The lowest BCUT2D eigenvalue weighted by Gasteiger charge is -2.10. The van der Waals surface area contributed by atoms with Gasteiger partial charge in [-0.05, 0) is 60.7 Å². The summed E-state index contributed by atoms with van der Waals surface area (Å²) in [5.74, 6) is -0.393. The van der Waals surface area contributed by atoms with Gasteiger partial charge in [-0.2, -0.15) is 8.78 Å². The Morgan fingerprint density at radius 1 is 1.13 bits per heavy atom. The van der Waals surface area contributed by atoms with Gasteiger partial charge >= 0.3 is 6.61 Å². The zero-order chi connectivity index (χ0) is 16.4. The summed E-state index contributed by atoms with van der Waals surface area (Å²) in [7, 11) is 0. The van der Waals surface area contributed by atoms with Crippen molar-refractivity contribution in [1.29, 1.82) is 0 Å². The second-order valence-electron chi connectivity index (χ2n) is 5.31. The molecular weight excluding hydrogens is 324 g/mol. The molecule has 2 aromatic carbocycles. The Balaban J connectivity index is 1.74. The highest BCUT2D eigenvalue weighted by Crippen LogP contribution is 2.29. The van der Waals surface area contributed by atoms with Crippen LogP contribution in [0.2, 0.25) is 5.02 Å². The number of carbonyl (C=O) groups excluding carboxylic acids is 1. The van der Waals surface area contributed by atoms with Gasteiger partial charge in [-0.1, -0.05) is 17.7 Å². The van der Waals surface area contributed by atoms with Crippen LogP contribution in [0.15, 0.2) is 36.4 Å². The van der Waals surface area contributed by atoms with Gasteiger partial charge in [-0.25, -0.2) is 0 Å². The molecule has 0 fully saturated rings. The highest BCUT2D eigenvalue weighted by Gasteiger charge is 2.15. The van der Waals surface area contributed by atoms with Crippen molar-refractivity contribution < 1.29 is 18.3 Å². The lowest BCUT2D eigenvalue weighted by molar-refractivity contribution is -0.0497. The molecule has 23 heavy (non-hydrogen) atoms. The van der Waals surface area contributed by atoms with Crippen molar-refractivity contribution in [3.8, 4) is 5.75 Å². The first-order valence-corrected chi connectivity index (χ1v) is 7.58. The number of ether oxygens (including phenoxy) is 1. The predicted octanol–water partition coefficient (Wildman–Crippen LogP) is 4.68. The first-order valence-electron chi connectivity index (χ1n) is 7.20. The monoisotopic (exact) mass is 337 g/mol. The van der Waals surface area contributed by atoms with E-state index in [0.29, 0.717) is 11.3 Å². The molecule has 1 aliphatic rings. The molecule has 2 aromatic rings. The number of hydrogen-bond acceptors (Lipinski definition) is 2. The van der Waals surface area contributed by atoms with Crippen LogP contribution in [0.4, 0.5) is 14.5 Å². The van der Waals surface area contributed by atoms with E-state index in [1.165, 1.54) is 29.3 Å². The van der Waals surface area contributed by atoms with Gasteiger partial charge in [-0.15, -0.1) is 0 Å². The second kappa shape index (κ2) is 6.54. The molecule has 0 atom stereocenters. The minimum atomic E-state index is -2.95. The zero-order valence-corrected chi connectivity index (χ0v) is 12.9. The van der Waals surface area contributed by atoms with Gasteiger partial charge in [0.15, 0.2) is 0 Å². The summed E-state index contributed by atoms with van der Waals surface area (Å²) < 4.78 is 28.6. The molecule has 1 N–H and O–H groups in total. The first-order chi connectivity index (χ1) is 11.0. The molecule has 3 nitrogen and oxygen atoms in total. The van der Waals surface area contributed by atoms with Crippen LogP contribution in [0.3, 0.4) is 0 Å². The molecule has 0 saturated carbocycles. The van der Waals surface area contributed by atoms with Crippen molar-refractivity contribution in [2.75, 3.05) is 5.32 Å². The van der Waals surface area contributed by atoms with E-state index >= 15 is 0 Å². The summed E-state index contributed by atoms with van der Waals surface area (Å²) in [4.78, 5) is 12.3. The maximum atomic E-state index is 12.3. The fraction of sp³-hybridized carbons (Fsp3) is 0.235. The quantitative estimate of drug-likeness (QED) is 0.879. The molecule has 3 rings (SSSR count). The average Bonchev–Trinajstić information content (AvgIpc) is 2.97. The average molecular weight is 338 g/mol. The Labute approximate surface area is 137 Å². The van der Waals surface area contributed by atoms with Gasteiger partial charge in [-0.3, -0.25) is 4.79 Å². The molecule has 0 aliphatic heterocycles. The standard InChI is InChI=1S/C17H14ClF2NO2/c18-14-9-13(6-7-15(14)23-17(19)20)21-16(22)12-5-4-10-2-1-3-11(10)8-12/h4-9,17H,1-3H2,(H,21,22). The predicted molar refractivity (Wildman–Crippen MR) is 84.5 cm³/mol. The van der Waals surface area contributed by atoms with Crippen LogP contribution in [0.25, 0.3) is 0 Å². The largest absolute Gasteiger partial charge is 0.433 e. The van der Waals surface area contributed by atoms with Crippen LogP contribution in [-0.2, 0) is 12.8 Å². The lowest BCUT2D eigenvalue weighted by Crippen LogP contribution is -2.12. The Morgan fingerprint density at radius 2 is 1.91 bits per heavy atom. The number of halogens is 3. The van der Waals surface area contributed by atoms with Crippen LogP contribution in [0.1, 0.15) is 27.9 Å². The fourth-order valence-electron chi connectivity index (χ4n) is 2.69. The molecule has 6 heteroatoms. The number of alkyl halides is 2. The van der Waals surface area contributed by atoms with Gasteiger partial charge in [0, 0.05) is 11.3 Å². The Bertz CT molecular complexity index is 749. The number of nitrogens with one attached hydrogen (secondary N) is 1. The van der Waals surface area contributed by atoms with Crippen LogP contribution in [0, 0.1) is 0 Å². The minimum absolute atomic E-state index is 0.0112. The number of anilines is 1. The highest BCUT2D eigenvalue weighted by molar-refractivity contribution is 6.32. The van der Waals surface area contributed by atoms with Gasteiger partial charge < -0.3 is 10.1 Å². The molecule has 0 saturated heterocycles. The van der Waals surface area contributed by atoms with Crippen molar-refractivity contribution in [2.45, 2.75) is 25.9 Å². The van der Waals surface area contributed by atoms with Gasteiger partial charge in [0.05, 0.1) is 5.02 Å². The van der Waals surface area contributed by atoms with E-state index in [9.17, 15) is 13.6 Å². The van der Waals surface area contributed by atoms with E-state index < -0.39 is 6.61 Å². The number of hydrogen-bond donors (Lipinski definition) is 1. The summed E-state index contributed by atoms with van der Waals surface area (Å²) in [6.45, 7) is -2.95. The summed E-state index contributed by atoms with van der Waals surface area (Å²) >= 11 is 5.87. The number of rotatable bonds is 4. The lowest BCUT2D eigenvalue weighted by atomic mass is 10.1. The normalized spacial score (nSPS) is 13.0. The van der Waals surface area contributed by atoms with Crippen LogP contribution in [0.5, 0.6) is 5.75 Å². The third kappa shape index (κ3) is 3.62. The fourth-order valence-corrected chi connectivity index (χ4v) is 2.91. The maximum Gasteiger partial charge on any atom is 0.387 e. The van der Waals surface area contributed by atoms with Gasteiger partial charge in [0.25, 0.3) is 5.91 Å². The Morgan fingerprint density at radius 3 is 2.65 bits per heavy atom. The molecule has 120 valence electrons. The van der Waals surface area contributed by atoms with Crippen LogP contribution in [-0.4, -0.2) is 12.5 Å². The van der Waals surface area contributed by atoms with Gasteiger partial charge in [0.2, 0.25) is 0 Å². The Kier molecular flexibility index (Phi) is 4.48. The van der Waals surface area contributed by atoms with Gasteiger partial charge in [0.1, 0.15) is 5.75 Å². The molecule has 0 aromatic heterocycles. The number of fused-ring (bicyclic) bond motifs is 1. The van der Waals surface area contributed by atoms with Crippen molar-refractivity contribution >= 4 is 23.2 Å². The SMILES string of the molecule is O=C(Nc1ccc(OC(F)F)c(Cl)c1)c1ccc2c(c1)CCC2. The van der Waals surface area contributed by atoms with Crippen molar-refractivity contribution in [3.05, 3.63) is 58.1 Å². The summed E-state index contributed by atoms with van der Waals surface area (Å²) in [6.07, 6.45) is 3.15. The molecule has 1 aliphatic carbocycles. The van der Waals surface area contributed by atoms with Crippen molar-refractivity contribution in [1.82, 2.24) is 0 Å². The molecule has 0 spiro atoms. The molecule has 0 heterocycles. The topological polar surface area (TPSA) is 38.3 Å². The minimum Gasteiger partial charge on any atom is -0.433 e. The number of aryl methyl sites for hydroxylation is 2. The third-order valence-electron chi connectivity index (χ3n) is 3.77. The smallest absolute Gasteiger partial charge is 0.387 e. The third-order valence-corrected chi connectivity index (χ3v) is 4.06. The summed E-state index contributed by atoms with van der Waals surface area (Å²) in [5.41, 5.74) is 3.48. The Hall–Kier alpha value is -2.14. The molecule has 0 unspecified atom stereocenters. The maximum absolute atomic E-state index is 12.3. The van der Waals surface area contributed by atoms with E-state index in [-0.39, 0.29) is 16.7 Å². The van der Waals surface area contributed by atoms with Crippen LogP contribution < -0.4 is 10.1 Å². The summed E-state index contributed by atoms with van der Waals surface area (Å²) in [5, 5.41) is 2.72. The van der Waals surface area contributed by atoms with Crippen molar-refractivity contribution in [3.63, 3.8) is 0 Å². The molecule has 0 bridgehead atoms. The van der Waals surface area contributed by atoms with E-state index in [2.05, 4.69) is 10.1 Å².